The van der Waals surface area contributed by atoms with Crippen LogP contribution in [0.3, 0.4) is 0 Å². The summed E-state index contributed by atoms with van der Waals surface area (Å²) in [5, 5.41) is 6.00. The largest absolute Gasteiger partial charge is 0.369 e. The molecule has 5 nitrogen and oxygen atoms in total. The number of hydrogen-bond donors (Lipinski definition) is 3. The van der Waals surface area contributed by atoms with Crippen molar-refractivity contribution in [2.75, 3.05) is 10.6 Å². The predicted octanol–water partition coefficient (Wildman–Crippen LogP) is 6.60. The molecule has 0 aromatic heterocycles. The lowest BCUT2D eigenvalue weighted by molar-refractivity contribution is -0.116. The Hall–Kier alpha value is -2.82. The molecule has 30 heavy (non-hydrogen) atoms. The fourth-order valence-electron chi connectivity index (χ4n) is 3.28. The van der Waals surface area contributed by atoms with Crippen LogP contribution in [-0.2, 0) is 4.79 Å². The lowest BCUT2D eigenvalue weighted by Crippen LogP contribution is -2.21. The number of rotatable bonds is 13. The molecule has 5 heteroatoms. The molecule has 0 aliphatic rings. The van der Waals surface area contributed by atoms with Crippen LogP contribution in [0.5, 0.6) is 0 Å². The molecule has 4 N–H and O–H groups in total. The van der Waals surface area contributed by atoms with Crippen molar-refractivity contribution in [2.45, 2.75) is 71.1 Å². The maximum absolute atomic E-state index is 12.1. The quantitative estimate of drug-likeness (QED) is 0.198. The number of hydrogen-bond acceptors (Lipinski definition) is 2. The van der Waals surface area contributed by atoms with Gasteiger partial charge in [-0.3, -0.25) is 4.79 Å². The number of para-hydroxylation sites is 1. The molecule has 0 saturated carbocycles. The van der Waals surface area contributed by atoms with Gasteiger partial charge in [-0.25, -0.2) is 4.99 Å². The van der Waals surface area contributed by atoms with E-state index in [9.17, 15) is 4.79 Å². The first kappa shape index (κ1) is 23.5. The van der Waals surface area contributed by atoms with Gasteiger partial charge in [-0.1, -0.05) is 76.5 Å². The minimum Gasteiger partial charge on any atom is -0.369 e. The molecule has 2 rings (SSSR count). The van der Waals surface area contributed by atoms with Crippen molar-refractivity contribution in [2.24, 2.45) is 10.7 Å². The molecule has 0 aliphatic heterocycles. The number of nitrogens with one attached hydrogen (secondary N) is 2. The van der Waals surface area contributed by atoms with Crippen LogP contribution in [0.15, 0.2) is 59.6 Å². The molecule has 0 spiro atoms. The van der Waals surface area contributed by atoms with E-state index in [0.717, 1.165) is 29.9 Å². The number of unbranched alkanes of at least 4 members (excludes halogenated alkanes) is 8. The minimum absolute atomic E-state index is 0.0689. The van der Waals surface area contributed by atoms with Gasteiger partial charge in [-0.15, -0.1) is 0 Å². The van der Waals surface area contributed by atoms with Gasteiger partial charge in [0.1, 0.15) is 0 Å². The molecule has 0 atom stereocenters. The lowest BCUT2D eigenvalue weighted by atomic mass is 10.1. The van der Waals surface area contributed by atoms with Gasteiger partial charge in [0.25, 0.3) is 0 Å². The summed E-state index contributed by atoms with van der Waals surface area (Å²) in [5.74, 6) is 0.391. The zero-order valence-corrected chi connectivity index (χ0v) is 18.2. The van der Waals surface area contributed by atoms with E-state index in [1.807, 2.05) is 54.6 Å². The first-order valence-electron chi connectivity index (χ1n) is 11.2. The minimum atomic E-state index is 0.0689. The van der Waals surface area contributed by atoms with E-state index < -0.39 is 0 Å². The smallest absolute Gasteiger partial charge is 0.224 e. The van der Waals surface area contributed by atoms with Crippen molar-refractivity contribution in [1.29, 1.82) is 0 Å². The maximum atomic E-state index is 12.1. The summed E-state index contributed by atoms with van der Waals surface area (Å²) in [5.41, 5.74) is 8.34. The van der Waals surface area contributed by atoms with Gasteiger partial charge < -0.3 is 16.4 Å². The summed E-state index contributed by atoms with van der Waals surface area (Å²) < 4.78 is 0. The van der Waals surface area contributed by atoms with Crippen molar-refractivity contribution in [3.05, 3.63) is 54.6 Å². The van der Waals surface area contributed by atoms with Crippen LogP contribution >= 0.6 is 0 Å². The third-order valence-corrected chi connectivity index (χ3v) is 4.95. The number of carbonyl (C=O) groups excluding carboxylic acids is 1. The van der Waals surface area contributed by atoms with Crippen LogP contribution in [0.1, 0.15) is 71.1 Å². The van der Waals surface area contributed by atoms with E-state index in [2.05, 4.69) is 22.5 Å². The molecule has 0 radical (unpaired) electrons. The van der Waals surface area contributed by atoms with Gasteiger partial charge in [0, 0.05) is 17.8 Å². The third-order valence-electron chi connectivity index (χ3n) is 4.95. The molecule has 2 aromatic rings. The van der Waals surface area contributed by atoms with Gasteiger partial charge >= 0.3 is 0 Å². The molecule has 0 unspecified atom stereocenters. The number of aliphatic imine (C=N–C) groups is 1. The molecule has 0 fully saturated rings. The van der Waals surface area contributed by atoms with Crippen molar-refractivity contribution < 1.29 is 4.79 Å². The predicted molar refractivity (Wildman–Crippen MR) is 128 cm³/mol. The Kier molecular flexibility index (Phi) is 11.1. The van der Waals surface area contributed by atoms with Gasteiger partial charge in [0.05, 0.1) is 5.69 Å². The van der Waals surface area contributed by atoms with Crippen LogP contribution in [0, 0.1) is 0 Å². The number of carbonyl (C=O) groups is 1. The van der Waals surface area contributed by atoms with E-state index in [4.69, 9.17) is 5.73 Å². The molecule has 0 bridgehead atoms. The molecule has 2 aromatic carbocycles. The summed E-state index contributed by atoms with van der Waals surface area (Å²) in [6, 6.07) is 17.0. The van der Waals surface area contributed by atoms with Crippen molar-refractivity contribution in [3.8, 4) is 0 Å². The van der Waals surface area contributed by atoms with Gasteiger partial charge in [-0.2, -0.15) is 0 Å². The number of amides is 1. The van der Waals surface area contributed by atoms with Crippen molar-refractivity contribution in [1.82, 2.24) is 0 Å². The second-order valence-electron chi connectivity index (χ2n) is 7.66. The summed E-state index contributed by atoms with van der Waals surface area (Å²) in [4.78, 5) is 16.5. The normalized spacial score (nSPS) is 11.3. The topological polar surface area (TPSA) is 79.5 Å². The third kappa shape index (κ3) is 10.1. The number of anilines is 2. The van der Waals surface area contributed by atoms with E-state index in [1.54, 1.807) is 0 Å². The maximum Gasteiger partial charge on any atom is 0.224 e. The Labute approximate surface area is 181 Å². The zero-order valence-electron chi connectivity index (χ0n) is 18.2. The van der Waals surface area contributed by atoms with Crippen LogP contribution < -0.4 is 16.4 Å². The monoisotopic (exact) mass is 408 g/mol. The van der Waals surface area contributed by atoms with E-state index in [0.29, 0.717) is 12.4 Å². The first-order valence-corrected chi connectivity index (χ1v) is 11.2. The van der Waals surface area contributed by atoms with Gasteiger partial charge in [-0.05, 0) is 42.8 Å². The number of guanidine groups is 1. The Morgan fingerprint density at radius 2 is 1.33 bits per heavy atom. The first-order chi connectivity index (χ1) is 14.7. The molecule has 0 aliphatic carbocycles. The summed E-state index contributed by atoms with van der Waals surface area (Å²) in [7, 11) is 0. The SMILES string of the molecule is CCCCCCCCCCCC(=O)Nc1ccc(N=C(N)Nc2ccccc2)cc1. The summed E-state index contributed by atoms with van der Waals surface area (Å²) >= 11 is 0. The summed E-state index contributed by atoms with van der Waals surface area (Å²) in [6.07, 6.45) is 11.8. The fraction of sp³-hybridized carbons (Fsp3) is 0.440. The second-order valence-corrected chi connectivity index (χ2v) is 7.66. The number of nitrogens with two attached hydrogens (primary N) is 1. The highest BCUT2D eigenvalue weighted by Gasteiger charge is 2.03. The molecule has 1 amide bonds. The second kappa shape index (κ2) is 14.2. The van der Waals surface area contributed by atoms with Crippen LogP contribution in [-0.4, -0.2) is 11.9 Å². The highest BCUT2D eigenvalue weighted by atomic mass is 16.1. The average molecular weight is 409 g/mol. The molecule has 0 saturated heterocycles. The van der Waals surface area contributed by atoms with Gasteiger partial charge in [0.2, 0.25) is 5.91 Å². The molecular formula is C25H36N4O. The van der Waals surface area contributed by atoms with Crippen molar-refractivity contribution in [3.63, 3.8) is 0 Å². The Bertz CT molecular complexity index is 756. The Balaban J connectivity index is 1.64. The van der Waals surface area contributed by atoms with Gasteiger partial charge in [0.15, 0.2) is 5.96 Å². The number of nitrogens with zero attached hydrogens (tertiary/aromatic N) is 1. The summed E-state index contributed by atoms with van der Waals surface area (Å²) in [6.45, 7) is 2.24. The number of benzene rings is 2. The standard InChI is InChI=1S/C25H36N4O/c1-2-3-4-5-6-7-8-9-13-16-24(30)27-22-17-19-23(20-18-22)29-25(26)28-21-14-11-10-12-15-21/h10-12,14-15,17-20H,2-9,13,16H2,1H3,(H,27,30)(H3,26,28,29). The average Bonchev–Trinajstić information content (AvgIpc) is 2.74. The Morgan fingerprint density at radius 1 is 0.767 bits per heavy atom. The van der Waals surface area contributed by atoms with Crippen LogP contribution in [0.4, 0.5) is 17.1 Å². The van der Waals surface area contributed by atoms with Crippen LogP contribution in [0.2, 0.25) is 0 Å². The molecule has 162 valence electrons. The van der Waals surface area contributed by atoms with E-state index in [-0.39, 0.29) is 5.91 Å². The van der Waals surface area contributed by atoms with E-state index >= 15 is 0 Å². The van der Waals surface area contributed by atoms with Crippen LogP contribution in [0.25, 0.3) is 0 Å². The highest BCUT2D eigenvalue weighted by Crippen LogP contribution is 2.17. The lowest BCUT2D eigenvalue weighted by Gasteiger charge is -2.07. The molecule has 0 heterocycles. The highest BCUT2D eigenvalue weighted by molar-refractivity contribution is 5.94. The van der Waals surface area contributed by atoms with E-state index in [1.165, 1.54) is 44.9 Å². The fourth-order valence-corrected chi connectivity index (χ4v) is 3.28. The van der Waals surface area contributed by atoms with Crippen molar-refractivity contribution >= 4 is 28.9 Å². The zero-order chi connectivity index (χ0) is 21.4. The Morgan fingerprint density at radius 3 is 1.97 bits per heavy atom. The molecular weight excluding hydrogens is 372 g/mol.